The maximum atomic E-state index is 11.6. The van der Waals surface area contributed by atoms with Gasteiger partial charge in [0, 0.05) is 19.5 Å². The first-order valence-corrected chi connectivity index (χ1v) is 5.00. The molecule has 90 valence electrons. The Bertz CT molecular complexity index is 168. The first-order valence-electron chi connectivity index (χ1n) is 5.00. The average Bonchev–Trinajstić information content (AvgIpc) is 2.19. The summed E-state index contributed by atoms with van der Waals surface area (Å²) in [6.07, 6.45) is -2.35. The largest absolute Gasteiger partial charge is 0.375 e. The molecule has 2 N–H and O–H groups in total. The lowest BCUT2D eigenvalue weighted by Crippen LogP contribution is -2.32. The summed E-state index contributed by atoms with van der Waals surface area (Å²) in [5.74, 6) is -0.179. The number of carbonyl (C=O) groups is 1. The van der Waals surface area contributed by atoms with E-state index < -0.39 is 13.0 Å². The minimum atomic E-state index is -2.47. The molecule has 0 rings (SSSR count). The van der Waals surface area contributed by atoms with Gasteiger partial charge in [-0.3, -0.25) is 4.79 Å². The second-order valence-electron chi connectivity index (χ2n) is 2.92. The lowest BCUT2D eigenvalue weighted by molar-refractivity contribution is -0.122. The molecule has 0 aromatic rings. The number of amides is 1. The topological polar surface area (TPSA) is 50.4 Å². The van der Waals surface area contributed by atoms with Crippen LogP contribution in [0.25, 0.3) is 0 Å². The first-order chi connectivity index (χ1) is 7.16. The molecule has 0 saturated heterocycles. The Morgan fingerprint density at radius 1 is 1.40 bits per heavy atom. The Morgan fingerprint density at radius 2 is 2.13 bits per heavy atom. The van der Waals surface area contributed by atoms with E-state index in [1.807, 2.05) is 6.92 Å². The van der Waals surface area contributed by atoms with Crippen molar-refractivity contribution in [3.05, 3.63) is 0 Å². The lowest BCUT2D eigenvalue weighted by Gasteiger charge is -2.06. The van der Waals surface area contributed by atoms with Gasteiger partial charge in [0.25, 0.3) is 6.43 Å². The first kappa shape index (κ1) is 14.2. The second kappa shape index (κ2) is 9.79. The minimum absolute atomic E-state index is 0.0391. The van der Waals surface area contributed by atoms with E-state index in [4.69, 9.17) is 0 Å². The van der Waals surface area contributed by atoms with Gasteiger partial charge in [0.15, 0.2) is 0 Å². The maximum absolute atomic E-state index is 11.6. The molecule has 0 aliphatic carbocycles. The summed E-state index contributed by atoms with van der Waals surface area (Å²) in [7, 11) is 0. The fraction of sp³-hybridized carbons (Fsp3) is 0.889. The predicted octanol–water partition coefficient (Wildman–Crippen LogP) is 0.384. The number of carbonyl (C=O) groups excluding carboxylic acids is 1. The second-order valence-corrected chi connectivity index (χ2v) is 2.92. The number of hydrogen-bond acceptors (Lipinski definition) is 3. The SMILES string of the molecule is CCNCCNC(=O)CCOCC(F)F. The van der Waals surface area contributed by atoms with Crippen molar-refractivity contribution in [3.63, 3.8) is 0 Å². The summed E-state index contributed by atoms with van der Waals surface area (Å²) in [6.45, 7) is 3.51. The molecule has 0 atom stereocenters. The van der Waals surface area contributed by atoms with Crippen LogP contribution in [-0.4, -0.2) is 45.2 Å². The van der Waals surface area contributed by atoms with Gasteiger partial charge >= 0.3 is 0 Å². The highest BCUT2D eigenvalue weighted by molar-refractivity contribution is 5.75. The van der Waals surface area contributed by atoms with Gasteiger partial charge in [0.1, 0.15) is 6.61 Å². The smallest absolute Gasteiger partial charge is 0.261 e. The Balaban J connectivity index is 3.19. The van der Waals surface area contributed by atoms with E-state index in [0.29, 0.717) is 13.1 Å². The van der Waals surface area contributed by atoms with Crippen molar-refractivity contribution in [2.24, 2.45) is 0 Å². The van der Waals surface area contributed by atoms with Gasteiger partial charge in [-0.2, -0.15) is 0 Å². The molecule has 0 heterocycles. The molecule has 0 saturated carbocycles. The number of rotatable bonds is 9. The molecule has 6 heteroatoms. The molecule has 0 aliphatic heterocycles. The standard InChI is InChI=1S/C9H18F2N2O2/c1-2-12-4-5-13-9(14)3-6-15-7-8(10)11/h8,12H,2-7H2,1H3,(H,13,14). The van der Waals surface area contributed by atoms with Crippen molar-refractivity contribution >= 4 is 5.91 Å². The van der Waals surface area contributed by atoms with Crippen LogP contribution in [0.2, 0.25) is 0 Å². The van der Waals surface area contributed by atoms with Gasteiger partial charge < -0.3 is 15.4 Å². The van der Waals surface area contributed by atoms with Crippen LogP contribution in [0.3, 0.4) is 0 Å². The molecule has 0 bridgehead atoms. The van der Waals surface area contributed by atoms with Gasteiger partial charge in [-0.05, 0) is 6.54 Å². The zero-order valence-electron chi connectivity index (χ0n) is 8.89. The summed E-state index contributed by atoms with van der Waals surface area (Å²) < 4.78 is 27.8. The van der Waals surface area contributed by atoms with Gasteiger partial charge in [0.2, 0.25) is 5.91 Å². The molecule has 0 fully saturated rings. The summed E-state index contributed by atoms with van der Waals surface area (Å²) in [4.78, 5) is 11.0. The van der Waals surface area contributed by atoms with Crippen molar-refractivity contribution in [1.82, 2.24) is 10.6 Å². The Kier molecular flexibility index (Phi) is 9.30. The molecule has 4 nitrogen and oxygen atoms in total. The highest BCUT2D eigenvalue weighted by atomic mass is 19.3. The van der Waals surface area contributed by atoms with Crippen molar-refractivity contribution in [2.75, 3.05) is 32.8 Å². The molecule has 0 aromatic heterocycles. The fourth-order valence-corrected chi connectivity index (χ4v) is 0.893. The van der Waals surface area contributed by atoms with Crippen LogP contribution >= 0.6 is 0 Å². The van der Waals surface area contributed by atoms with Crippen LogP contribution < -0.4 is 10.6 Å². The molecular formula is C9H18F2N2O2. The van der Waals surface area contributed by atoms with E-state index in [1.54, 1.807) is 0 Å². The van der Waals surface area contributed by atoms with E-state index in [-0.39, 0.29) is 18.9 Å². The molecule has 15 heavy (non-hydrogen) atoms. The van der Waals surface area contributed by atoms with Crippen LogP contribution in [-0.2, 0) is 9.53 Å². The predicted molar refractivity (Wildman–Crippen MR) is 53.0 cm³/mol. The average molecular weight is 224 g/mol. The van der Waals surface area contributed by atoms with Crippen LogP contribution in [0.1, 0.15) is 13.3 Å². The summed E-state index contributed by atoms with van der Waals surface area (Å²) >= 11 is 0. The number of ether oxygens (including phenoxy) is 1. The third-order valence-corrected chi connectivity index (χ3v) is 1.59. The minimum Gasteiger partial charge on any atom is -0.375 e. The summed E-state index contributed by atoms with van der Waals surface area (Å²) in [5, 5.41) is 5.68. The van der Waals surface area contributed by atoms with Crippen LogP contribution in [0.4, 0.5) is 8.78 Å². The van der Waals surface area contributed by atoms with Gasteiger partial charge in [-0.15, -0.1) is 0 Å². The zero-order chi connectivity index (χ0) is 11.5. The van der Waals surface area contributed by atoms with Crippen molar-refractivity contribution in [2.45, 2.75) is 19.8 Å². The molecule has 1 amide bonds. The normalized spacial score (nSPS) is 10.7. The molecule has 0 unspecified atom stereocenters. The van der Waals surface area contributed by atoms with Crippen LogP contribution in [0, 0.1) is 0 Å². The monoisotopic (exact) mass is 224 g/mol. The van der Waals surface area contributed by atoms with E-state index in [9.17, 15) is 13.6 Å². The number of likely N-dealkylation sites (N-methyl/N-ethyl adjacent to an activating group) is 1. The van der Waals surface area contributed by atoms with Gasteiger partial charge in [-0.1, -0.05) is 6.92 Å². The summed E-state index contributed by atoms with van der Waals surface area (Å²) in [5.41, 5.74) is 0. The lowest BCUT2D eigenvalue weighted by atomic mass is 10.4. The third-order valence-electron chi connectivity index (χ3n) is 1.59. The number of halogens is 2. The van der Waals surface area contributed by atoms with Gasteiger partial charge in [-0.25, -0.2) is 8.78 Å². The maximum Gasteiger partial charge on any atom is 0.261 e. The van der Waals surface area contributed by atoms with Crippen molar-refractivity contribution in [1.29, 1.82) is 0 Å². The highest BCUT2D eigenvalue weighted by Crippen LogP contribution is 1.93. The fourth-order valence-electron chi connectivity index (χ4n) is 0.893. The molecule has 0 radical (unpaired) electrons. The van der Waals surface area contributed by atoms with Crippen LogP contribution in [0.15, 0.2) is 0 Å². The van der Waals surface area contributed by atoms with E-state index >= 15 is 0 Å². The molecule has 0 aliphatic rings. The quantitative estimate of drug-likeness (QED) is 0.557. The summed E-state index contributed by atoms with van der Waals surface area (Å²) in [6, 6.07) is 0. The van der Waals surface area contributed by atoms with E-state index in [1.165, 1.54) is 0 Å². The Hall–Kier alpha value is -0.750. The van der Waals surface area contributed by atoms with Crippen molar-refractivity contribution in [3.8, 4) is 0 Å². The zero-order valence-corrected chi connectivity index (χ0v) is 8.89. The molecular weight excluding hydrogens is 206 g/mol. The molecule has 0 spiro atoms. The third kappa shape index (κ3) is 11.2. The number of nitrogens with one attached hydrogen (secondary N) is 2. The Labute approximate surface area is 88.4 Å². The number of hydrogen-bond donors (Lipinski definition) is 2. The van der Waals surface area contributed by atoms with Gasteiger partial charge in [0.05, 0.1) is 6.61 Å². The molecule has 0 aromatic carbocycles. The van der Waals surface area contributed by atoms with Crippen LogP contribution in [0.5, 0.6) is 0 Å². The van der Waals surface area contributed by atoms with E-state index in [0.717, 1.165) is 6.54 Å². The van der Waals surface area contributed by atoms with Crippen molar-refractivity contribution < 1.29 is 18.3 Å². The highest BCUT2D eigenvalue weighted by Gasteiger charge is 2.03. The number of alkyl halides is 2. The van der Waals surface area contributed by atoms with E-state index in [2.05, 4.69) is 15.4 Å². The Morgan fingerprint density at radius 3 is 2.73 bits per heavy atom.